The fourth-order valence-corrected chi connectivity index (χ4v) is 7.86. The van der Waals surface area contributed by atoms with Crippen LogP contribution in [-0.4, -0.2) is 38.4 Å². The zero-order chi connectivity index (χ0) is 44.0. The van der Waals surface area contributed by atoms with E-state index in [0.29, 0.717) is 0 Å². The van der Waals surface area contributed by atoms with Crippen LogP contribution in [-0.2, 0) is 16.8 Å². The molecule has 5 heterocycles. The topological polar surface area (TPSA) is 90.9 Å². The second-order valence-electron chi connectivity index (χ2n) is 14.8. The van der Waals surface area contributed by atoms with Gasteiger partial charge in [-0.2, -0.15) is 30.4 Å². The van der Waals surface area contributed by atoms with Crippen LogP contribution in [0.4, 0.5) is 0 Å². The number of hydrogen-bond donors (Lipinski definition) is 0. The van der Waals surface area contributed by atoms with E-state index in [1.165, 1.54) is 0 Å². The van der Waals surface area contributed by atoms with Gasteiger partial charge in [-0.25, -0.2) is 9.97 Å². The molecule has 10 rings (SSSR count). The van der Waals surface area contributed by atoms with Gasteiger partial charge in [0.1, 0.15) is 23.0 Å². The number of fused-ring (bicyclic) bond motifs is 8. The summed E-state index contributed by atoms with van der Waals surface area (Å²) in [6.07, 6.45) is 11.0. The molecule has 0 spiro atoms. The van der Waals surface area contributed by atoms with E-state index in [9.17, 15) is 0 Å². The van der Waals surface area contributed by atoms with Crippen molar-refractivity contribution in [2.75, 3.05) is 28.4 Å². The first-order chi connectivity index (χ1) is 31.5. The molecule has 2 aliphatic heterocycles. The van der Waals surface area contributed by atoms with Crippen molar-refractivity contribution in [1.82, 2.24) is 19.9 Å². The van der Waals surface area contributed by atoms with Gasteiger partial charge in [-0.15, -0.1) is 34.2 Å². The Morgan fingerprint density at radius 3 is 0.846 bits per heavy atom. The van der Waals surface area contributed by atoms with Crippen LogP contribution in [0.25, 0.3) is 90.9 Å². The Balaban J connectivity index is 0.000000580. The molecule has 5 aromatic carbocycles. The van der Waals surface area contributed by atoms with Crippen LogP contribution in [0.2, 0.25) is 0 Å². The molecule has 0 saturated heterocycles. The van der Waals surface area contributed by atoms with Crippen molar-refractivity contribution >= 4 is 46.4 Å². The van der Waals surface area contributed by atoms with Crippen molar-refractivity contribution in [3.8, 4) is 67.5 Å². The maximum atomic E-state index is 5.52. The molecule has 8 bridgehead atoms. The Kier molecular flexibility index (Phi) is 13.3. The number of hydrogen-bond acceptors (Lipinski definition) is 6. The van der Waals surface area contributed by atoms with Crippen LogP contribution in [0.15, 0.2) is 158 Å². The summed E-state index contributed by atoms with van der Waals surface area (Å²) in [5, 5.41) is 0. The average molecular weight is 895 g/mol. The summed E-state index contributed by atoms with van der Waals surface area (Å²) in [6, 6.07) is 50.1. The number of methoxy groups -OCH3 is 4. The van der Waals surface area contributed by atoms with Gasteiger partial charge in [-0.05, 0) is 117 Å². The van der Waals surface area contributed by atoms with Gasteiger partial charge >= 0.3 is 16.8 Å². The Bertz CT molecular complexity index is 2810. The van der Waals surface area contributed by atoms with Crippen LogP contribution in [0.3, 0.4) is 0 Å². The van der Waals surface area contributed by atoms with E-state index in [2.05, 4.69) is 61.2 Å². The zero-order valence-corrected chi connectivity index (χ0v) is 37.2. The molecule has 0 saturated carbocycles. The van der Waals surface area contributed by atoms with Crippen molar-refractivity contribution in [2.24, 2.45) is 0 Å². The summed E-state index contributed by atoms with van der Waals surface area (Å²) >= 11 is 0. The Labute approximate surface area is 388 Å². The molecular formula is C56H43CoN4O4. The van der Waals surface area contributed by atoms with E-state index in [0.717, 1.165) is 118 Å². The first-order valence-electron chi connectivity index (χ1n) is 20.7. The first-order valence-corrected chi connectivity index (χ1v) is 20.7. The van der Waals surface area contributed by atoms with Crippen molar-refractivity contribution in [3.63, 3.8) is 0 Å². The molecule has 0 radical (unpaired) electrons. The average Bonchev–Trinajstić information content (AvgIpc) is 4.21. The molecule has 0 N–H and O–H groups in total. The number of ether oxygens (including phenoxy) is 4. The monoisotopic (exact) mass is 894 g/mol. The fourth-order valence-electron chi connectivity index (χ4n) is 7.86. The van der Waals surface area contributed by atoms with Gasteiger partial charge in [0.05, 0.1) is 51.2 Å². The SMILES string of the molecule is C=[C-]c1ccccc1.COc1ccc(-c2c3nc(c(-c4ccc(OC)cc4)c4ccc([n-]4)c(-c4ccc(OC)cc4)c4nc(c(-c5ccc(OC)cc5)c5ccc2[n-]5)C=C4)C=C3)cc1.[Co+3]. The Morgan fingerprint density at radius 1 is 0.369 bits per heavy atom. The largest absolute Gasteiger partial charge is 3.00 e. The van der Waals surface area contributed by atoms with Crippen molar-refractivity contribution in [2.45, 2.75) is 0 Å². The summed E-state index contributed by atoms with van der Waals surface area (Å²) in [5.41, 5.74) is 14.7. The summed E-state index contributed by atoms with van der Waals surface area (Å²) in [7, 11) is 6.67. The molecule has 0 unspecified atom stereocenters. The molecule has 8 aromatic rings. The number of aromatic nitrogens is 4. The Hall–Kier alpha value is -7.85. The van der Waals surface area contributed by atoms with Crippen LogP contribution in [0, 0.1) is 6.08 Å². The van der Waals surface area contributed by atoms with E-state index < -0.39 is 0 Å². The van der Waals surface area contributed by atoms with Crippen LogP contribution < -0.4 is 28.9 Å². The number of nitrogens with zero attached hydrogens (tertiary/aromatic N) is 4. The van der Waals surface area contributed by atoms with Crippen LogP contribution in [0.5, 0.6) is 23.0 Å². The Morgan fingerprint density at radius 2 is 0.631 bits per heavy atom. The molecular weight excluding hydrogens is 852 g/mol. The third-order valence-corrected chi connectivity index (χ3v) is 11.1. The van der Waals surface area contributed by atoms with E-state index in [1.807, 2.05) is 127 Å². The minimum atomic E-state index is 0. The third kappa shape index (κ3) is 9.15. The second kappa shape index (κ2) is 19.7. The second-order valence-corrected chi connectivity index (χ2v) is 14.8. The van der Waals surface area contributed by atoms with Gasteiger partial charge in [-0.3, -0.25) is 0 Å². The molecule has 9 heteroatoms. The molecule has 0 amide bonds. The van der Waals surface area contributed by atoms with Gasteiger partial charge in [0.2, 0.25) is 0 Å². The van der Waals surface area contributed by atoms with E-state index in [4.69, 9.17) is 38.9 Å². The van der Waals surface area contributed by atoms with Gasteiger partial charge in [0, 0.05) is 0 Å². The van der Waals surface area contributed by atoms with Gasteiger partial charge in [-0.1, -0.05) is 78.9 Å². The summed E-state index contributed by atoms with van der Waals surface area (Å²) in [6.45, 7) is 3.51. The first kappa shape index (κ1) is 43.8. The predicted octanol–water partition coefficient (Wildman–Crippen LogP) is 12.6. The van der Waals surface area contributed by atoms with Crippen LogP contribution in [0.1, 0.15) is 28.3 Å². The molecule has 8 nitrogen and oxygen atoms in total. The van der Waals surface area contributed by atoms with Gasteiger partial charge in [0.15, 0.2) is 0 Å². The molecule has 3 aromatic heterocycles. The molecule has 0 aliphatic carbocycles. The molecule has 65 heavy (non-hydrogen) atoms. The van der Waals surface area contributed by atoms with Crippen molar-refractivity contribution in [1.29, 1.82) is 0 Å². The van der Waals surface area contributed by atoms with Gasteiger partial charge < -0.3 is 28.9 Å². The molecule has 0 atom stereocenters. The molecule has 0 fully saturated rings. The predicted molar refractivity (Wildman–Crippen MR) is 259 cm³/mol. The summed E-state index contributed by atoms with van der Waals surface area (Å²) < 4.78 is 22.1. The minimum absolute atomic E-state index is 0. The quantitative estimate of drug-likeness (QED) is 0.132. The maximum Gasteiger partial charge on any atom is 3.00 e. The minimum Gasteiger partial charge on any atom is -0.657 e. The standard InChI is InChI=1S/C48H36N4O4.C8H7.Co/c1-53-33-13-5-29(6-14-33)45-37-21-23-39(49-37)46(30-7-15-34(54-2)16-8-30)41-25-27-43(51-41)48(32-11-19-36(56-4)20-12-32)44-28-26-42(52-44)47(40-24-22-38(45)50-40)31-9-17-35(55-3)18-10-31;1-2-8-6-4-3-5-7-8;/h5-28H,1-4H3;3-7H,1H2;/q-2;-1;+3. The normalized spacial score (nSPS) is 11.2. The van der Waals surface area contributed by atoms with E-state index >= 15 is 0 Å². The molecule has 320 valence electrons. The fraction of sp³-hybridized carbons (Fsp3) is 0.0714. The maximum absolute atomic E-state index is 5.52. The van der Waals surface area contributed by atoms with Crippen molar-refractivity contribution in [3.05, 3.63) is 193 Å². The van der Waals surface area contributed by atoms with Gasteiger partial charge in [0.25, 0.3) is 0 Å². The summed E-state index contributed by atoms with van der Waals surface area (Å²) in [5.74, 6) is 3.06. The number of rotatable bonds is 9. The van der Waals surface area contributed by atoms with Crippen molar-refractivity contribution < 1.29 is 35.7 Å². The van der Waals surface area contributed by atoms with E-state index in [-0.39, 0.29) is 16.8 Å². The zero-order valence-electron chi connectivity index (χ0n) is 36.2. The number of benzene rings is 5. The smallest absolute Gasteiger partial charge is 0.657 e. The summed E-state index contributed by atoms with van der Waals surface area (Å²) in [4.78, 5) is 21.4. The van der Waals surface area contributed by atoms with E-state index in [1.54, 1.807) is 28.4 Å². The molecule has 2 aliphatic rings. The third-order valence-electron chi connectivity index (χ3n) is 11.1. The van der Waals surface area contributed by atoms with Crippen LogP contribution >= 0.6 is 0 Å².